The molecule has 208 valence electrons. The Hall–Kier alpha value is -5.60. The Morgan fingerprint density at radius 3 is 2.05 bits per heavy atom. The van der Waals surface area contributed by atoms with Crippen LogP contribution in [0.4, 0.5) is 17.1 Å². The average molecular weight is 563 g/mol. The Morgan fingerprint density at radius 1 is 0.500 bits per heavy atom. The number of hydrogen-bond acceptors (Lipinski definition) is 2. The third-order valence-corrected chi connectivity index (χ3v) is 9.65. The molecule has 0 saturated heterocycles. The molecule has 1 heterocycles. The highest BCUT2D eigenvalue weighted by molar-refractivity contribution is 6.01. The molecule has 0 saturated carbocycles. The van der Waals surface area contributed by atoms with Crippen LogP contribution < -0.4 is 10.6 Å². The second-order valence-electron chi connectivity index (χ2n) is 11.9. The molecule has 7 aromatic rings. The number of anilines is 3. The monoisotopic (exact) mass is 562 g/mol. The van der Waals surface area contributed by atoms with Gasteiger partial charge in [-0.2, -0.15) is 0 Å². The van der Waals surface area contributed by atoms with Crippen LogP contribution in [-0.2, 0) is 12.0 Å². The number of nitrogens with zero attached hydrogens (tertiary/aromatic N) is 1. The van der Waals surface area contributed by atoms with Crippen LogP contribution in [0.15, 0.2) is 158 Å². The minimum atomic E-state index is -0.507. The fraction of sp³-hybridized carbons (Fsp3) is 0.0476. The van der Waals surface area contributed by atoms with Crippen molar-refractivity contribution in [1.29, 1.82) is 0 Å². The predicted octanol–water partition coefficient (Wildman–Crippen LogP) is 10.1. The maximum atomic E-state index is 6.97. The highest BCUT2D eigenvalue weighted by Gasteiger charge is 2.52. The molecular weight excluding hydrogens is 532 g/mol. The van der Waals surface area contributed by atoms with Gasteiger partial charge in [0.05, 0.1) is 16.8 Å². The first-order valence-electron chi connectivity index (χ1n) is 15.3. The van der Waals surface area contributed by atoms with Gasteiger partial charge in [-0.3, -0.25) is 0 Å². The maximum Gasteiger partial charge on any atom is 0.0755 e. The van der Waals surface area contributed by atoms with E-state index in [9.17, 15) is 0 Å². The average Bonchev–Trinajstić information content (AvgIpc) is 3.38. The van der Waals surface area contributed by atoms with Crippen molar-refractivity contribution in [3.63, 3.8) is 0 Å². The minimum Gasteiger partial charge on any atom is -0.397 e. The van der Waals surface area contributed by atoms with Crippen LogP contribution in [0.3, 0.4) is 0 Å². The molecule has 2 aliphatic rings. The van der Waals surface area contributed by atoms with Crippen molar-refractivity contribution in [3.8, 4) is 22.3 Å². The predicted molar refractivity (Wildman–Crippen MR) is 183 cm³/mol. The molecule has 0 aromatic heterocycles. The molecule has 1 spiro atoms. The molecule has 0 bridgehead atoms. The zero-order chi connectivity index (χ0) is 29.3. The molecule has 0 radical (unpaired) electrons. The SMILES string of the molecule is Nc1cccc2c1N(Cc1ccccc1)c1ccccc1C21c2ccccc2-c2c(-c3ccc4ccccc4c3)cccc21. The lowest BCUT2D eigenvalue weighted by Gasteiger charge is -2.45. The molecule has 2 N–H and O–H groups in total. The third kappa shape index (κ3) is 3.37. The molecule has 44 heavy (non-hydrogen) atoms. The molecule has 0 fully saturated rings. The van der Waals surface area contributed by atoms with Gasteiger partial charge in [0.25, 0.3) is 0 Å². The zero-order valence-corrected chi connectivity index (χ0v) is 24.2. The summed E-state index contributed by atoms with van der Waals surface area (Å²) in [6.07, 6.45) is 0. The van der Waals surface area contributed by atoms with E-state index in [1.165, 1.54) is 66.5 Å². The summed E-state index contributed by atoms with van der Waals surface area (Å²) in [5, 5.41) is 2.51. The first-order valence-corrected chi connectivity index (χ1v) is 15.3. The molecule has 1 atom stereocenters. The molecule has 2 nitrogen and oxygen atoms in total. The van der Waals surface area contributed by atoms with Crippen molar-refractivity contribution in [1.82, 2.24) is 0 Å². The highest BCUT2D eigenvalue weighted by atomic mass is 15.2. The molecule has 7 aromatic carbocycles. The largest absolute Gasteiger partial charge is 0.397 e. The van der Waals surface area contributed by atoms with Gasteiger partial charge < -0.3 is 10.6 Å². The molecule has 1 aliphatic carbocycles. The van der Waals surface area contributed by atoms with E-state index in [0.717, 1.165) is 17.9 Å². The molecule has 1 unspecified atom stereocenters. The Kier molecular flexibility index (Phi) is 5.36. The van der Waals surface area contributed by atoms with Gasteiger partial charge >= 0.3 is 0 Å². The summed E-state index contributed by atoms with van der Waals surface area (Å²) in [6.45, 7) is 0.737. The van der Waals surface area contributed by atoms with Gasteiger partial charge in [0.15, 0.2) is 0 Å². The van der Waals surface area contributed by atoms with Crippen LogP contribution in [0.5, 0.6) is 0 Å². The van der Waals surface area contributed by atoms with Crippen molar-refractivity contribution < 1.29 is 0 Å². The van der Waals surface area contributed by atoms with Gasteiger partial charge in [-0.25, -0.2) is 0 Å². The summed E-state index contributed by atoms with van der Waals surface area (Å²) in [6, 6.07) is 57.4. The molecule has 9 rings (SSSR count). The van der Waals surface area contributed by atoms with E-state index in [0.29, 0.717) is 0 Å². The highest BCUT2D eigenvalue weighted by Crippen LogP contribution is 2.64. The third-order valence-electron chi connectivity index (χ3n) is 9.65. The topological polar surface area (TPSA) is 29.3 Å². The maximum absolute atomic E-state index is 6.97. The Labute approximate surface area is 257 Å². The summed E-state index contributed by atoms with van der Waals surface area (Å²) in [7, 11) is 0. The Morgan fingerprint density at radius 2 is 1.16 bits per heavy atom. The minimum absolute atomic E-state index is 0.507. The van der Waals surface area contributed by atoms with Gasteiger partial charge in [-0.15, -0.1) is 0 Å². The Balaban J connectivity index is 1.37. The quantitative estimate of drug-likeness (QED) is 0.217. The van der Waals surface area contributed by atoms with Crippen molar-refractivity contribution in [2.45, 2.75) is 12.0 Å². The Bertz CT molecular complexity index is 2230. The number of benzene rings is 7. The van der Waals surface area contributed by atoms with E-state index in [-0.39, 0.29) is 0 Å². The molecule has 1 aliphatic heterocycles. The van der Waals surface area contributed by atoms with E-state index in [2.05, 4.69) is 157 Å². The summed E-state index contributed by atoms with van der Waals surface area (Å²) >= 11 is 0. The van der Waals surface area contributed by atoms with Gasteiger partial charge in [-0.05, 0) is 79.0 Å². The van der Waals surface area contributed by atoms with E-state index in [1.807, 2.05) is 6.07 Å². The smallest absolute Gasteiger partial charge is 0.0755 e. The number of nitrogens with two attached hydrogens (primary N) is 1. The number of fused-ring (bicyclic) bond motifs is 10. The lowest BCUT2D eigenvalue weighted by atomic mass is 9.64. The fourth-order valence-electron chi connectivity index (χ4n) is 7.89. The lowest BCUT2D eigenvalue weighted by Crippen LogP contribution is -2.38. The van der Waals surface area contributed by atoms with Crippen LogP contribution in [0.2, 0.25) is 0 Å². The van der Waals surface area contributed by atoms with Gasteiger partial charge in [0.1, 0.15) is 0 Å². The van der Waals surface area contributed by atoms with Crippen LogP contribution in [-0.4, -0.2) is 0 Å². The molecular formula is C42H30N2. The number of rotatable bonds is 3. The number of hydrogen-bond donors (Lipinski definition) is 1. The van der Waals surface area contributed by atoms with Crippen molar-refractivity contribution in [3.05, 3.63) is 186 Å². The summed E-state index contributed by atoms with van der Waals surface area (Å²) in [5.41, 5.74) is 21.0. The zero-order valence-electron chi connectivity index (χ0n) is 24.2. The van der Waals surface area contributed by atoms with Gasteiger partial charge in [0, 0.05) is 12.2 Å². The van der Waals surface area contributed by atoms with Crippen molar-refractivity contribution >= 4 is 27.8 Å². The van der Waals surface area contributed by atoms with E-state index in [4.69, 9.17) is 5.73 Å². The summed E-state index contributed by atoms with van der Waals surface area (Å²) < 4.78 is 0. The van der Waals surface area contributed by atoms with E-state index >= 15 is 0 Å². The van der Waals surface area contributed by atoms with Crippen molar-refractivity contribution in [2.75, 3.05) is 10.6 Å². The molecule has 2 heteroatoms. The lowest BCUT2D eigenvalue weighted by molar-refractivity contribution is 0.735. The van der Waals surface area contributed by atoms with Gasteiger partial charge in [0.2, 0.25) is 0 Å². The normalized spacial score (nSPS) is 16.0. The first-order chi connectivity index (χ1) is 21.7. The van der Waals surface area contributed by atoms with E-state index < -0.39 is 5.41 Å². The van der Waals surface area contributed by atoms with Crippen LogP contribution in [0.25, 0.3) is 33.0 Å². The van der Waals surface area contributed by atoms with Gasteiger partial charge in [-0.1, -0.05) is 140 Å². The second kappa shape index (κ2) is 9.45. The van der Waals surface area contributed by atoms with Crippen molar-refractivity contribution in [2.24, 2.45) is 0 Å². The fourth-order valence-corrected chi connectivity index (χ4v) is 7.89. The second-order valence-corrected chi connectivity index (χ2v) is 11.9. The van der Waals surface area contributed by atoms with Crippen LogP contribution in [0, 0.1) is 0 Å². The summed E-state index contributed by atoms with van der Waals surface area (Å²) in [4.78, 5) is 2.42. The van der Waals surface area contributed by atoms with Crippen LogP contribution >= 0.6 is 0 Å². The number of nitrogen functional groups attached to an aromatic ring is 1. The molecule has 0 amide bonds. The van der Waals surface area contributed by atoms with E-state index in [1.54, 1.807) is 0 Å². The van der Waals surface area contributed by atoms with Crippen LogP contribution in [0.1, 0.15) is 27.8 Å². The first kappa shape index (κ1) is 24.9. The summed E-state index contributed by atoms with van der Waals surface area (Å²) in [5.74, 6) is 0. The number of para-hydroxylation sites is 2. The standard InChI is InChI=1S/C42H30N2/c43-38-22-11-21-37-41(38)44(27-28-12-2-1-3-13-28)39-23-9-8-19-35(39)42(37)34-18-7-6-16-33(34)40-32(17-10-20-36(40)42)31-25-24-29-14-4-5-15-30(29)26-31/h1-26H,27,43H2.